The van der Waals surface area contributed by atoms with Crippen molar-refractivity contribution in [3.63, 3.8) is 0 Å². The molecule has 2 rings (SSSR count). The first-order chi connectivity index (χ1) is 9.72. The quantitative estimate of drug-likeness (QED) is 0.598. The molecule has 0 saturated carbocycles. The molecule has 0 unspecified atom stereocenters. The first-order valence-corrected chi connectivity index (χ1v) is 6.67. The van der Waals surface area contributed by atoms with Crippen molar-refractivity contribution in [1.82, 2.24) is 9.97 Å². The van der Waals surface area contributed by atoms with Gasteiger partial charge in [-0.3, -0.25) is 0 Å². The molecular weight excluding hydrogens is 252 g/mol. The number of benzene rings is 1. The van der Waals surface area contributed by atoms with Crippen LogP contribution in [0.3, 0.4) is 0 Å². The van der Waals surface area contributed by atoms with Crippen LogP contribution in [0, 0.1) is 13.8 Å². The molecule has 4 heteroatoms. The van der Waals surface area contributed by atoms with Crippen LogP contribution in [0.1, 0.15) is 24.1 Å². The van der Waals surface area contributed by atoms with Gasteiger partial charge in [0.05, 0.1) is 17.9 Å². The predicted molar refractivity (Wildman–Crippen MR) is 77.7 cm³/mol. The van der Waals surface area contributed by atoms with Gasteiger partial charge < -0.3 is 9.53 Å². The van der Waals surface area contributed by atoms with Crippen molar-refractivity contribution < 1.29 is 9.53 Å². The van der Waals surface area contributed by atoms with Gasteiger partial charge in [-0.05, 0) is 25.8 Å². The zero-order valence-corrected chi connectivity index (χ0v) is 11.8. The maximum atomic E-state index is 10.3. The lowest BCUT2D eigenvalue weighted by atomic mass is 10.0. The van der Waals surface area contributed by atoms with Crippen LogP contribution in [0.5, 0.6) is 5.88 Å². The lowest BCUT2D eigenvalue weighted by Crippen LogP contribution is -2.03. The number of carbonyl (C=O) groups excluding carboxylic acids is 1. The smallest absolute Gasteiger partial charge is 0.224 e. The molecule has 20 heavy (non-hydrogen) atoms. The van der Waals surface area contributed by atoms with Crippen LogP contribution in [0.2, 0.25) is 0 Å². The van der Waals surface area contributed by atoms with Gasteiger partial charge in [0.25, 0.3) is 0 Å². The molecule has 0 fully saturated rings. The summed E-state index contributed by atoms with van der Waals surface area (Å²) < 4.78 is 5.69. The number of hydrogen-bond donors (Lipinski definition) is 0. The average Bonchev–Trinajstić information content (AvgIpc) is 2.45. The van der Waals surface area contributed by atoms with E-state index in [0.29, 0.717) is 25.3 Å². The zero-order valence-electron chi connectivity index (χ0n) is 11.8. The molecule has 0 N–H and O–H groups in total. The van der Waals surface area contributed by atoms with Crippen LogP contribution in [0.25, 0.3) is 11.1 Å². The number of hydrogen-bond acceptors (Lipinski definition) is 4. The predicted octanol–water partition coefficient (Wildman–Crippen LogP) is 3.12. The monoisotopic (exact) mass is 270 g/mol. The van der Waals surface area contributed by atoms with Crippen LogP contribution in [-0.2, 0) is 4.79 Å². The fraction of sp³-hybridized carbons (Fsp3) is 0.312. The summed E-state index contributed by atoms with van der Waals surface area (Å²) in [6.07, 6.45) is 3.60. The van der Waals surface area contributed by atoms with Gasteiger partial charge in [0.15, 0.2) is 0 Å². The molecule has 0 saturated heterocycles. The molecule has 0 aliphatic rings. The highest BCUT2D eigenvalue weighted by Gasteiger charge is 2.11. The Kier molecular flexibility index (Phi) is 4.82. The number of rotatable bonds is 6. The SMILES string of the molecule is Cc1ccc(-c2c(C)ncnc2OCCCC=O)cc1. The Balaban J connectivity index is 2.26. The van der Waals surface area contributed by atoms with E-state index >= 15 is 0 Å². The van der Waals surface area contributed by atoms with Crippen molar-refractivity contribution in [2.45, 2.75) is 26.7 Å². The average molecular weight is 270 g/mol. The fourth-order valence-electron chi connectivity index (χ4n) is 1.95. The van der Waals surface area contributed by atoms with Crippen molar-refractivity contribution in [2.75, 3.05) is 6.61 Å². The van der Waals surface area contributed by atoms with Crippen LogP contribution < -0.4 is 4.74 Å². The highest BCUT2D eigenvalue weighted by Crippen LogP contribution is 2.30. The third kappa shape index (κ3) is 3.41. The minimum Gasteiger partial charge on any atom is -0.477 e. The third-order valence-corrected chi connectivity index (χ3v) is 3.05. The lowest BCUT2D eigenvalue weighted by Gasteiger charge is -2.12. The second kappa shape index (κ2) is 6.80. The Bertz CT molecular complexity index is 580. The Hall–Kier alpha value is -2.23. The van der Waals surface area contributed by atoms with Gasteiger partial charge in [-0.1, -0.05) is 29.8 Å². The van der Waals surface area contributed by atoms with E-state index in [4.69, 9.17) is 4.74 Å². The second-order valence-electron chi connectivity index (χ2n) is 4.66. The van der Waals surface area contributed by atoms with Crippen molar-refractivity contribution in [3.8, 4) is 17.0 Å². The fourth-order valence-corrected chi connectivity index (χ4v) is 1.95. The lowest BCUT2D eigenvalue weighted by molar-refractivity contribution is -0.108. The van der Waals surface area contributed by atoms with E-state index in [1.54, 1.807) is 0 Å². The van der Waals surface area contributed by atoms with Gasteiger partial charge >= 0.3 is 0 Å². The number of nitrogens with zero attached hydrogens (tertiary/aromatic N) is 2. The Morgan fingerprint density at radius 3 is 2.60 bits per heavy atom. The number of aryl methyl sites for hydroxylation is 2. The number of unbranched alkanes of at least 4 members (excludes halogenated alkanes) is 1. The molecule has 0 amide bonds. The van der Waals surface area contributed by atoms with Gasteiger partial charge in [-0.15, -0.1) is 0 Å². The number of ether oxygens (including phenoxy) is 1. The zero-order chi connectivity index (χ0) is 14.4. The molecule has 1 aromatic heterocycles. The summed E-state index contributed by atoms with van der Waals surface area (Å²) in [6.45, 7) is 4.47. The van der Waals surface area contributed by atoms with Gasteiger partial charge in [-0.2, -0.15) is 0 Å². The van der Waals surface area contributed by atoms with E-state index in [-0.39, 0.29) is 0 Å². The molecule has 0 bridgehead atoms. The summed E-state index contributed by atoms with van der Waals surface area (Å²) in [5.74, 6) is 0.576. The Labute approximate surface area is 118 Å². The Morgan fingerprint density at radius 1 is 1.15 bits per heavy atom. The van der Waals surface area contributed by atoms with E-state index < -0.39 is 0 Å². The summed E-state index contributed by atoms with van der Waals surface area (Å²) in [4.78, 5) is 18.8. The molecular formula is C16H18N2O2. The number of aldehydes is 1. The number of aromatic nitrogens is 2. The first kappa shape index (κ1) is 14.2. The van der Waals surface area contributed by atoms with Crippen LogP contribution >= 0.6 is 0 Å². The van der Waals surface area contributed by atoms with Gasteiger partial charge in [-0.25, -0.2) is 9.97 Å². The molecule has 0 aliphatic carbocycles. The molecule has 2 aromatic rings. The van der Waals surface area contributed by atoms with Gasteiger partial charge in [0.1, 0.15) is 12.6 Å². The third-order valence-electron chi connectivity index (χ3n) is 3.05. The molecule has 0 aliphatic heterocycles. The van der Waals surface area contributed by atoms with Crippen molar-refractivity contribution in [3.05, 3.63) is 41.9 Å². The van der Waals surface area contributed by atoms with Crippen molar-refractivity contribution in [2.24, 2.45) is 0 Å². The standard InChI is InChI=1S/C16H18N2O2/c1-12-5-7-14(8-6-12)15-13(2)17-11-18-16(15)20-10-4-3-9-19/h5-9,11H,3-4,10H2,1-2H3. The minimum absolute atomic E-state index is 0.480. The van der Waals surface area contributed by atoms with E-state index in [1.807, 2.05) is 19.1 Å². The Morgan fingerprint density at radius 2 is 1.90 bits per heavy atom. The molecule has 104 valence electrons. The van der Waals surface area contributed by atoms with Crippen LogP contribution in [0.15, 0.2) is 30.6 Å². The summed E-state index contributed by atoms with van der Waals surface area (Å²) in [5.41, 5.74) is 4.05. The summed E-state index contributed by atoms with van der Waals surface area (Å²) in [5, 5.41) is 0. The molecule has 1 heterocycles. The second-order valence-corrected chi connectivity index (χ2v) is 4.66. The summed E-state index contributed by atoms with van der Waals surface area (Å²) in [7, 11) is 0. The van der Waals surface area contributed by atoms with Gasteiger partial charge in [0, 0.05) is 6.42 Å². The van der Waals surface area contributed by atoms with Crippen LogP contribution in [0.4, 0.5) is 0 Å². The molecule has 0 atom stereocenters. The van der Waals surface area contributed by atoms with E-state index in [2.05, 4.69) is 29.0 Å². The van der Waals surface area contributed by atoms with E-state index in [1.165, 1.54) is 11.9 Å². The number of carbonyl (C=O) groups is 1. The highest BCUT2D eigenvalue weighted by atomic mass is 16.5. The van der Waals surface area contributed by atoms with E-state index in [9.17, 15) is 4.79 Å². The van der Waals surface area contributed by atoms with Gasteiger partial charge in [0.2, 0.25) is 5.88 Å². The molecule has 4 nitrogen and oxygen atoms in total. The largest absolute Gasteiger partial charge is 0.477 e. The highest BCUT2D eigenvalue weighted by molar-refractivity contribution is 5.70. The maximum Gasteiger partial charge on any atom is 0.224 e. The summed E-state index contributed by atoms with van der Waals surface area (Å²) in [6, 6.07) is 8.19. The topological polar surface area (TPSA) is 52.1 Å². The van der Waals surface area contributed by atoms with E-state index in [0.717, 1.165) is 23.1 Å². The molecule has 0 radical (unpaired) electrons. The molecule has 1 aromatic carbocycles. The van der Waals surface area contributed by atoms with Crippen LogP contribution in [-0.4, -0.2) is 22.9 Å². The first-order valence-electron chi connectivity index (χ1n) is 6.67. The van der Waals surface area contributed by atoms with Crippen molar-refractivity contribution in [1.29, 1.82) is 0 Å². The molecule has 0 spiro atoms. The normalized spacial score (nSPS) is 10.3. The van der Waals surface area contributed by atoms with Crippen molar-refractivity contribution >= 4 is 6.29 Å². The summed E-state index contributed by atoms with van der Waals surface area (Å²) >= 11 is 0. The maximum absolute atomic E-state index is 10.3. The minimum atomic E-state index is 0.480.